The van der Waals surface area contributed by atoms with Crippen molar-refractivity contribution in [2.45, 2.75) is 45.3 Å². The van der Waals surface area contributed by atoms with Gasteiger partial charge in [-0.05, 0) is 12.3 Å². The van der Waals surface area contributed by atoms with Crippen LogP contribution in [-0.2, 0) is 23.0 Å². The fourth-order valence-corrected chi connectivity index (χ4v) is 2.13. The first-order valence-electron chi connectivity index (χ1n) is 5.31. The summed E-state index contributed by atoms with van der Waals surface area (Å²) in [4.78, 5) is 0. The summed E-state index contributed by atoms with van der Waals surface area (Å²) in [6.45, 7) is 6.57. The number of nitrogens with two attached hydrogens (primary N) is 1. The predicted molar refractivity (Wildman–Crippen MR) is 60.2 cm³/mol. The van der Waals surface area contributed by atoms with Gasteiger partial charge in [0.1, 0.15) is 5.82 Å². The molecule has 0 radical (unpaired) electrons. The lowest BCUT2D eigenvalue weighted by molar-refractivity contribution is 0.468. The van der Waals surface area contributed by atoms with Crippen LogP contribution in [-0.4, -0.2) is 23.2 Å². The van der Waals surface area contributed by atoms with E-state index in [2.05, 4.69) is 10.2 Å². The summed E-state index contributed by atoms with van der Waals surface area (Å²) < 4.78 is 24.2. The van der Waals surface area contributed by atoms with Gasteiger partial charge < -0.3 is 4.57 Å². The van der Waals surface area contributed by atoms with Crippen molar-refractivity contribution >= 4 is 10.0 Å². The fraction of sp³-hybridized carbons (Fsp3) is 0.778. The number of nitrogens with zero attached hydrogens (tertiary/aromatic N) is 3. The Hall–Kier alpha value is -0.950. The molecule has 0 aliphatic heterocycles. The number of aryl methyl sites for hydroxylation is 1. The highest BCUT2D eigenvalue weighted by molar-refractivity contribution is 7.89. The normalized spacial score (nSPS) is 12.3. The highest BCUT2D eigenvalue weighted by Gasteiger charge is 2.20. The van der Waals surface area contributed by atoms with Crippen LogP contribution in [0.2, 0.25) is 0 Å². The third kappa shape index (κ3) is 3.02. The van der Waals surface area contributed by atoms with Crippen molar-refractivity contribution in [1.29, 1.82) is 0 Å². The second-order valence-electron chi connectivity index (χ2n) is 4.20. The highest BCUT2D eigenvalue weighted by atomic mass is 32.2. The van der Waals surface area contributed by atoms with Crippen molar-refractivity contribution in [3.05, 3.63) is 5.82 Å². The summed E-state index contributed by atoms with van der Waals surface area (Å²) in [5.74, 6) is 0.993. The zero-order chi connectivity index (χ0) is 12.3. The molecular formula is C9H18N4O2S. The van der Waals surface area contributed by atoms with E-state index in [1.165, 1.54) is 0 Å². The number of hydrogen-bond acceptors (Lipinski definition) is 4. The van der Waals surface area contributed by atoms with Gasteiger partial charge in [-0.15, -0.1) is 10.2 Å². The quantitative estimate of drug-likeness (QED) is 0.820. The SMILES string of the molecule is CCCc1nnc(S(N)(=O)=O)n1CC(C)C. The Balaban J connectivity index is 3.19. The molecule has 1 aromatic rings. The van der Waals surface area contributed by atoms with Crippen LogP contribution in [0.5, 0.6) is 0 Å². The minimum Gasteiger partial charge on any atom is -0.300 e. The number of rotatable bonds is 5. The Kier molecular flexibility index (Phi) is 4.03. The molecule has 0 aliphatic carbocycles. The molecule has 0 aliphatic rings. The van der Waals surface area contributed by atoms with Crippen LogP contribution in [0.1, 0.15) is 33.0 Å². The molecular weight excluding hydrogens is 228 g/mol. The van der Waals surface area contributed by atoms with Crippen LogP contribution >= 0.6 is 0 Å². The topological polar surface area (TPSA) is 90.9 Å². The smallest absolute Gasteiger partial charge is 0.273 e. The molecule has 7 heteroatoms. The first kappa shape index (κ1) is 13.1. The van der Waals surface area contributed by atoms with Gasteiger partial charge in [-0.2, -0.15) is 0 Å². The van der Waals surface area contributed by atoms with Gasteiger partial charge in [0.2, 0.25) is 0 Å². The first-order chi connectivity index (χ1) is 7.36. The number of hydrogen-bond donors (Lipinski definition) is 1. The van der Waals surface area contributed by atoms with Crippen LogP contribution in [0.3, 0.4) is 0 Å². The highest BCUT2D eigenvalue weighted by Crippen LogP contribution is 2.11. The van der Waals surface area contributed by atoms with Crippen LogP contribution in [0.4, 0.5) is 0 Å². The molecule has 0 saturated carbocycles. The van der Waals surface area contributed by atoms with E-state index in [0.717, 1.165) is 6.42 Å². The summed E-state index contributed by atoms with van der Waals surface area (Å²) in [7, 11) is -3.79. The van der Waals surface area contributed by atoms with Crippen LogP contribution < -0.4 is 5.14 Å². The fourth-order valence-electron chi connectivity index (χ4n) is 1.49. The molecule has 1 rings (SSSR count). The van der Waals surface area contributed by atoms with E-state index in [4.69, 9.17) is 5.14 Å². The molecule has 0 fully saturated rings. The Morgan fingerprint density at radius 1 is 1.38 bits per heavy atom. The molecule has 0 atom stereocenters. The largest absolute Gasteiger partial charge is 0.300 e. The van der Waals surface area contributed by atoms with Gasteiger partial charge in [0.15, 0.2) is 0 Å². The standard InChI is InChI=1S/C9H18N4O2S/c1-4-5-8-11-12-9(16(10,14)15)13(8)6-7(2)3/h7H,4-6H2,1-3H3,(H2,10,14,15). The van der Waals surface area contributed by atoms with Gasteiger partial charge in [0.05, 0.1) is 0 Å². The molecule has 16 heavy (non-hydrogen) atoms. The Morgan fingerprint density at radius 3 is 2.44 bits per heavy atom. The minimum absolute atomic E-state index is 0.135. The zero-order valence-electron chi connectivity index (χ0n) is 9.84. The molecule has 6 nitrogen and oxygen atoms in total. The summed E-state index contributed by atoms with van der Waals surface area (Å²) in [6, 6.07) is 0. The monoisotopic (exact) mass is 246 g/mol. The van der Waals surface area contributed by atoms with Crippen molar-refractivity contribution in [3.8, 4) is 0 Å². The molecule has 1 heterocycles. The third-order valence-corrected chi connectivity index (χ3v) is 2.88. The van der Waals surface area contributed by atoms with Crippen molar-refractivity contribution in [3.63, 3.8) is 0 Å². The maximum absolute atomic E-state index is 11.3. The van der Waals surface area contributed by atoms with E-state index < -0.39 is 10.0 Å². The first-order valence-corrected chi connectivity index (χ1v) is 6.85. The third-order valence-electron chi connectivity index (χ3n) is 2.07. The van der Waals surface area contributed by atoms with Gasteiger partial charge in [-0.25, -0.2) is 13.6 Å². The zero-order valence-corrected chi connectivity index (χ0v) is 10.7. The predicted octanol–water partition coefficient (Wildman–Crippen LogP) is 0.534. The Labute approximate surface area is 95.9 Å². The Bertz CT molecular complexity index is 450. The Morgan fingerprint density at radius 2 is 2.00 bits per heavy atom. The van der Waals surface area contributed by atoms with E-state index in [1.807, 2.05) is 20.8 Å². The summed E-state index contributed by atoms with van der Waals surface area (Å²) in [5.41, 5.74) is 0. The van der Waals surface area contributed by atoms with Crippen LogP contribution in [0.15, 0.2) is 5.16 Å². The van der Waals surface area contributed by atoms with Gasteiger partial charge in [-0.3, -0.25) is 0 Å². The van der Waals surface area contributed by atoms with Gasteiger partial charge in [0.25, 0.3) is 15.2 Å². The van der Waals surface area contributed by atoms with E-state index in [-0.39, 0.29) is 5.16 Å². The maximum Gasteiger partial charge on any atom is 0.273 e. The van der Waals surface area contributed by atoms with E-state index in [0.29, 0.717) is 24.7 Å². The molecule has 0 unspecified atom stereocenters. The molecule has 92 valence electrons. The van der Waals surface area contributed by atoms with Crippen molar-refractivity contribution < 1.29 is 8.42 Å². The second kappa shape index (κ2) is 4.92. The van der Waals surface area contributed by atoms with Gasteiger partial charge in [0, 0.05) is 13.0 Å². The van der Waals surface area contributed by atoms with Gasteiger partial charge >= 0.3 is 0 Å². The maximum atomic E-state index is 11.3. The molecule has 0 saturated heterocycles. The molecule has 1 aromatic heterocycles. The molecule has 0 amide bonds. The second-order valence-corrected chi connectivity index (χ2v) is 5.65. The summed E-state index contributed by atoms with van der Waals surface area (Å²) in [5, 5.41) is 12.5. The average Bonchev–Trinajstić information content (AvgIpc) is 2.47. The molecule has 2 N–H and O–H groups in total. The lowest BCUT2D eigenvalue weighted by Crippen LogP contribution is -2.21. The van der Waals surface area contributed by atoms with Crippen molar-refractivity contribution in [2.75, 3.05) is 0 Å². The van der Waals surface area contributed by atoms with Crippen molar-refractivity contribution in [2.24, 2.45) is 11.1 Å². The summed E-state index contributed by atoms with van der Waals surface area (Å²) >= 11 is 0. The number of aromatic nitrogens is 3. The van der Waals surface area contributed by atoms with Gasteiger partial charge in [-0.1, -0.05) is 20.8 Å². The van der Waals surface area contributed by atoms with E-state index in [1.54, 1.807) is 4.57 Å². The van der Waals surface area contributed by atoms with E-state index in [9.17, 15) is 8.42 Å². The molecule has 0 bridgehead atoms. The van der Waals surface area contributed by atoms with Crippen LogP contribution in [0.25, 0.3) is 0 Å². The van der Waals surface area contributed by atoms with Crippen molar-refractivity contribution in [1.82, 2.24) is 14.8 Å². The summed E-state index contributed by atoms with van der Waals surface area (Å²) in [6.07, 6.45) is 1.59. The molecule has 0 spiro atoms. The minimum atomic E-state index is -3.79. The number of sulfonamides is 1. The van der Waals surface area contributed by atoms with Crippen LogP contribution in [0, 0.1) is 5.92 Å². The molecule has 0 aromatic carbocycles. The van der Waals surface area contributed by atoms with E-state index >= 15 is 0 Å². The number of primary sulfonamides is 1. The lowest BCUT2D eigenvalue weighted by Gasteiger charge is -2.10. The lowest BCUT2D eigenvalue weighted by atomic mass is 10.2. The average molecular weight is 246 g/mol.